The van der Waals surface area contributed by atoms with Crippen molar-refractivity contribution >= 4 is 29.9 Å². The van der Waals surface area contributed by atoms with Gasteiger partial charge in [0.15, 0.2) is 5.96 Å². The number of nitrogens with zero attached hydrogens (tertiary/aromatic N) is 1. The lowest BCUT2D eigenvalue weighted by Crippen LogP contribution is -2.40. The minimum absolute atomic E-state index is 0. The molecule has 1 atom stereocenters. The summed E-state index contributed by atoms with van der Waals surface area (Å²) in [6.07, 6.45) is 1.90. The van der Waals surface area contributed by atoms with Crippen molar-refractivity contribution in [3.05, 3.63) is 59.7 Å². The van der Waals surface area contributed by atoms with Crippen LogP contribution in [-0.4, -0.2) is 39.8 Å². The summed E-state index contributed by atoms with van der Waals surface area (Å²) in [6.45, 7) is 2.41. The molecule has 0 fully saturated rings. The Morgan fingerprint density at radius 1 is 1.15 bits per heavy atom. The number of ether oxygens (including phenoxy) is 2. The number of para-hydroxylation sites is 2. The normalized spacial score (nSPS) is 15.8. The minimum Gasteiger partial charge on any atom is -0.496 e. The summed E-state index contributed by atoms with van der Waals surface area (Å²) in [5.74, 6) is 3.19. The molecule has 2 N–H and O–H groups in total. The third-order valence-electron chi connectivity index (χ3n) is 4.70. The number of guanidine groups is 1. The van der Waals surface area contributed by atoms with Crippen LogP contribution in [0.1, 0.15) is 23.5 Å². The Kier molecular flexibility index (Phi) is 8.71. The summed E-state index contributed by atoms with van der Waals surface area (Å²) in [6, 6.07) is 16.4. The van der Waals surface area contributed by atoms with Crippen LogP contribution in [0.15, 0.2) is 53.5 Å². The zero-order valence-corrected chi connectivity index (χ0v) is 18.2. The summed E-state index contributed by atoms with van der Waals surface area (Å²) >= 11 is 0. The smallest absolute Gasteiger partial charge is 0.191 e. The van der Waals surface area contributed by atoms with Crippen molar-refractivity contribution in [2.75, 3.05) is 33.9 Å². The number of fused-ring (bicyclic) bond motifs is 1. The molecule has 0 aromatic heterocycles. The Bertz CT molecular complexity index is 752. The summed E-state index contributed by atoms with van der Waals surface area (Å²) in [5.41, 5.74) is 2.46. The van der Waals surface area contributed by atoms with Gasteiger partial charge in [-0.15, -0.1) is 24.0 Å². The van der Waals surface area contributed by atoms with Gasteiger partial charge in [0.1, 0.15) is 11.5 Å². The molecule has 0 saturated carbocycles. The lowest BCUT2D eigenvalue weighted by molar-refractivity contribution is 0.267. The summed E-state index contributed by atoms with van der Waals surface area (Å²) in [7, 11) is 3.51. The number of aliphatic imine (C=N–C) groups is 1. The first-order valence-corrected chi connectivity index (χ1v) is 9.10. The Labute approximate surface area is 178 Å². The highest BCUT2D eigenvalue weighted by Gasteiger charge is 2.21. The highest BCUT2D eigenvalue weighted by molar-refractivity contribution is 14.0. The maximum Gasteiger partial charge on any atom is 0.191 e. The molecule has 1 heterocycles. The zero-order chi connectivity index (χ0) is 18.2. The van der Waals surface area contributed by atoms with Gasteiger partial charge < -0.3 is 20.1 Å². The second kappa shape index (κ2) is 11.0. The number of halogens is 1. The lowest BCUT2D eigenvalue weighted by atomic mass is 9.93. The molecule has 0 aliphatic carbocycles. The van der Waals surface area contributed by atoms with E-state index in [2.05, 4.69) is 33.8 Å². The van der Waals surface area contributed by atoms with Gasteiger partial charge in [-0.1, -0.05) is 36.4 Å². The second-order valence-corrected chi connectivity index (χ2v) is 6.31. The van der Waals surface area contributed by atoms with Crippen molar-refractivity contribution in [3.8, 4) is 11.5 Å². The first kappa shape index (κ1) is 21.3. The standard InChI is InChI=1S/C21H27N3O2.HI/c1-22-21(23-13-11-16-7-3-5-9-19(16)25-2)24-15-17-12-14-26-20-10-6-4-8-18(17)20;/h3-10,17H,11-15H2,1-2H3,(H2,22,23,24);1H. The Hall–Kier alpha value is -1.96. The monoisotopic (exact) mass is 481 g/mol. The van der Waals surface area contributed by atoms with E-state index >= 15 is 0 Å². The van der Waals surface area contributed by atoms with Gasteiger partial charge in [0.25, 0.3) is 0 Å². The molecule has 0 spiro atoms. The van der Waals surface area contributed by atoms with Crippen molar-refractivity contribution in [1.29, 1.82) is 0 Å². The number of rotatable bonds is 6. The zero-order valence-electron chi connectivity index (χ0n) is 15.9. The molecule has 0 saturated heterocycles. The molecule has 2 aromatic rings. The van der Waals surface area contributed by atoms with E-state index in [9.17, 15) is 0 Å². The van der Waals surface area contributed by atoms with Crippen molar-refractivity contribution in [2.24, 2.45) is 4.99 Å². The molecule has 146 valence electrons. The molecule has 3 rings (SSSR count). The van der Waals surface area contributed by atoms with Gasteiger partial charge in [-0.2, -0.15) is 0 Å². The van der Waals surface area contributed by atoms with Gasteiger partial charge in [0, 0.05) is 26.1 Å². The van der Waals surface area contributed by atoms with Crippen LogP contribution in [0.5, 0.6) is 11.5 Å². The molecule has 27 heavy (non-hydrogen) atoms. The molecular weight excluding hydrogens is 453 g/mol. The largest absolute Gasteiger partial charge is 0.496 e. The Morgan fingerprint density at radius 3 is 2.74 bits per heavy atom. The van der Waals surface area contributed by atoms with Crippen LogP contribution in [0, 0.1) is 0 Å². The van der Waals surface area contributed by atoms with Crippen LogP contribution in [0.3, 0.4) is 0 Å². The number of hydrogen-bond acceptors (Lipinski definition) is 3. The molecule has 1 unspecified atom stereocenters. The van der Waals surface area contributed by atoms with Gasteiger partial charge in [-0.05, 0) is 36.1 Å². The maximum atomic E-state index is 5.74. The summed E-state index contributed by atoms with van der Waals surface area (Å²) in [4.78, 5) is 4.33. The van der Waals surface area contributed by atoms with E-state index in [0.717, 1.165) is 50.0 Å². The van der Waals surface area contributed by atoms with E-state index < -0.39 is 0 Å². The fourth-order valence-electron chi connectivity index (χ4n) is 3.29. The van der Waals surface area contributed by atoms with Crippen molar-refractivity contribution in [3.63, 3.8) is 0 Å². The van der Waals surface area contributed by atoms with Crippen LogP contribution < -0.4 is 20.1 Å². The first-order valence-electron chi connectivity index (χ1n) is 9.10. The Balaban J connectivity index is 0.00000261. The van der Waals surface area contributed by atoms with Gasteiger partial charge >= 0.3 is 0 Å². The number of hydrogen-bond donors (Lipinski definition) is 2. The van der Waals surface area contributed by atoms with Gasteiger partial charge in [0.2, 0.25) is 0 Å². The number of nitrogens with one attached hydrogen (secondary N) is 2. The summed E-state index contributed by atoms with van der Waals surface area (Å²) in [5, 5.41) is 6.83. The van der Waals surface area contributed by atoms with E-state index in [1.807, 2.05) is 30.3 Å². The van der Waals surface area contributed by atoms with Crippen LogP contribution in [-0.2, 0) is 6.42 Å². The number of benzene rings is 2. The minimum atomic E-state index is 0. The van der Waals surface area contributed by atoms with E-state index in [1.54, 1.807) is 14.2 Å². The predicted molar refractivity (Wildman–Crippen MR) is 121 cm³/mol. The molecule has 0 amide bonds. The van der Waals surface area contributed by atoms with Crippen molar-refractivity contribution in [2.45, 2.75) is 18.8 Å². The number of methoxy groups -OCH3 is 1. The first-order chi connectivity index (χ1) is 12.8. The average Bonchev–Trinajstić information content (AvgIpc) is 2.70. The van der Waals surface area contributed by atoms with Gasteiger partial charge in [0.05, 0.1) is 13.7 Å². The van der Waals surface area contributed by atoms with E-state index in [1.165, 1.54) is 11.1 Å². The molecule has 1 aliphatic heterocycles. The van der Waals surface area contributed by atoms with E-state index in [0.29, 0.717) is 5.92 Å². The Morgan fingerprint density at radius 2 is 1.93 bits per heavy atom. The maximum absolute atomic E-state index is 5.74. The molecule has 0 bridgehead atoms. The predicted octanol–water partition coefficient (Wildman–Crippen LogP) is 3.59. The SMILES string of the molecule is CN=C(NCCc1ccccc1OC)NCC1CCOc2ccccc21.I. The van der Waals surface area contributed by atoms with Crippen LogP contribution in [0.4, 0.5) is 0 Å². The third kappa shape index (κ3) is 5.76. The lowest BCUT2D eigenvalue weighted by Gasteiger charge is -2.26. The second-order valence-electron chi connectivity index (χ2n) is 6.31. The molecule has 2 aromatic carbocycles. The van der Waals surface area contributed by atoms with Crippen LogP contribution in [0.25, 0.3) is 0 Å². The molecular formula is C21H28IN3O2. The average molecular weight is 481 g/mol. The van der Waals surface area contributed by atoms with Gasteiger partial charge in [-0.3, -0.25) is 4.99 Å². The van der Waals surface area contributed by atoms with E-state index in [4.69, 9.17) is 9.47 Å². The molecule has 6 heteroatoms. The van der Waals surface area contributed by atoms with Gasteiger partial charge in [-0.25, -0.2) is 0 Å². The summed E-state index contributed by atoms with van der Waals surface area (Å²) < 4.78 is 11.1. The van der Waals surface area contributed by atoms with Crippen LogP contribution >= 0.6 is 24.0 Å². The van der Waals surface area contributed by atoms with Crippen LogP contribution in [0.2, 0.25) is 0 Å². The van der Waals surface area contributed by atoms with Crippen molar-refractivity contribution < 1.29 is 9.47 Å². The third-order valence-corrected chi connectivity index (χ3v) is 4.70. The topological polar surface area (TPSA) is 54.9 Å². The highest BCUT2D eigenvalue weighted by atomic mass is 127. The van der Waals surface area contributed by atoms with Crippen molar-refractivity contribution in [1.82, 2.24) is 10.6 Å². The highest BCUT2D eigenvalue weighted by Crippen LogP contribution is 2.32. The fourth-order valence-corrected chi connectivity index (χ4v) is 3.29. The molecule has 1 aliphatic rings. The quantitative estimate of drug-likeness (QED) is 0.376. The van der Waals surface area contributed by atoms with E-state index in [-0.39, 0.29) is 24.0 Å². The molecule has 5 nitrogen and oxygen atoms in total. The fraction of sp³-hybridized carbons (Fsp3) is 0.381. The molecule has 0 radical (unpaired) electrons.